The fraction of sp³-hybridized carbons (Fsp3) is 0.227. The van der Waals surface area contributed by atoms with Crippen LogP contribution in [0.2, 0.25) is 0 Å². The second-order valence-electron chi connectivity index (χ2n) is 7.35. The topological polar surface area (TPSA) is 58.3 Å². The van der Waals surface area contributed by atoms with Crippen LogP contribution in [0.25, 0.3) is 17.0 Å². The van der Waals surface area contributed by atoms with Crippen molar-refractivity contribution in [3.63, 3.8) is 0 Å². The van der Waals surface area contributed by atoms with E-state index in [1.165, 1.54) is 12.1 Å². The van der Waals surface area contributed by atoms with E-state index in [2.05, 4.69) is 25.5 Å². The molecule has 4 aromatic rings. The molecule has 0 amide bonds. The molecule has 0 spiro atoms. The Morgan fingerprint density at radius 2 is 1.57 bits per heavy atom. The van der Waals surface area contributed by atoms with E-state index < -0.39 is 0 Å². The Bertz CT molecular complexity index is 1180. The Morgan fingerprint density at radius 3 is 2.33 bits per heavy atom. The van der Waals surface area contributed by atoms with Gasteiger partial charge >= 0.3 is 0 Å². The Morgan fingerprint density at radius 1 is 0.833 bits per heavy atom. The number of hydrogen-bond acceptors (Lipinski definition) is 5. The molecule has 5 rings (SSSR count). The summed E-state index contributed by atoms with van der Waals surface area (Å²) in [7, 11) is 0. The number of benzene rings is 2. The number of fused-ring (bicyclic) bond motifs is 1. The lowest BCUT2D eigenvalue weighted by Gasteiger charge is -2.33. The SMILES string of the molecule is Fc1ccccc1NC1CCN(c2ccc3nnc(-c4ccccc4F)n3n2)CC1. The summed E-state index contributed by atoms with van der Waals surface area (Å²) in [5.74, 6) is 0.560. The summed E-state index contributed by atoms with van der Waals surface area (Å²) in [6.45, 7) is 1.56. The van der Waals surface area contributed by atoms with Gasteiger partial charge in [0.1, 0.15) is 17.5 Å². The zero-order valence-corrected chi connectivity index (χ0v) is 16.2. The lowest BCUT2D eigenvalue weighted by Crippen LogP contribution is -2.39. The van der Waals surface area contributed by atoms with Crippen molar-refractivity contribution < 1.29 is 8.78 Å². The van der Waals surface area contributed by atoms with Crippen LogP contribution in [0, 0.1) is 11.6 Å². The molecule has 0 saturated carbocycles. The van der Waals surface area contributed by atoms with Gasteiger partial charge < -0.3 is 10.2 Å². The zero-order valence-electron chi connectivity index (χ0n) is 16.2. The van der Waals surface area contributed by atoms with Gasteiger partial charge in [0, 0.05) is 19.1 Å². The smallest absolute Gasteiger partial charge is 0.188 e. The molecule has 2 aromatic heterocycles. The lowest BCUT2D eigenvalue weighted by atomic mass is 10.0. The average Bonchev–Trinajstić information content (AvgIpc) is 3.19. The van der Waals surface area contributed by atoms with Crippen LogP contribution in [0.15, 0.2) is 60.7 Å². The van der Waals surface area contributed by atoms with Crippen molar-refractivity contribution in [2.75, 3.05) is 23.3 Å². The van der Waals surface area contributed by atoms with E-state index in [1.54, 1.807) is 34.8 Å². The maximum atomic E-state index is 14.2. The molecule has 1 N–H and O–H groups in total. The molecule has 1 aliphatic rings. The van der Waals surface area contributed by atoms with E-state index in [1.807, 2.05) is 18.2 Å². The molecule has 0 radical (unpaired) electrons. The molecule has 1 saturated heterocycles. The van der Waals surface area contributed by atoms with E-state index in [0.717, 1.165) is 31.7 Å². The molecule has 0 atom stereocenters. The molecule has 3 heterocycles. The maximum Gasteiger partial charge on any atom is 0.188 e. The fourth-order valence-corrected chi connectivity index (χ4v) is 3.81. The standard InChI is InChI=1S/C22H20F2N6/c23-17-6-2-1-5-16(17)22-27-26-20-9-10-21(28-30(20)22)29-13-11-15(12-14-29)25-19-8-4-3-7-18(19)24/h1-10,15,25H,11-14H2. The summed E-state index contributed by atoms with van der Waals surface area (Å²) in [4.78, 5) is 2.17. The summed E-state index contributed by atoms with van der Waals surface area (Å²) in [5, 5.41) is 16.2. The number of anilines is 2. The fourth-order valence-electron chi connectivity index (χ4n) is 3.81. The highest BCUT2D eigenvalue weighted by Crippen LogP contribution is 2.25. The largest absolute Gasteiger partial charge is 0.380 e. The van der Waals surface area contributed by atoms with Crippen molar-refractivity contribution in [2.45, 2.75) is 18.9 Å². The monoisotopic (exact) mass is 406 g/mol. The third kappa shape index (κ3) is 3.45. The first-order valence-corrected chi connectivity index (χ1v) is 9.92. The summed E-state index contributed by atoms with van der Waals surface area (Å²) >= 11 is 0. The first kappa shape index (κ1) is 18.5. The Hall–Kier alpha value is -3.55. The van der Waals surface area contributed by atoms with Gasteiger partial charge in [-0.05, 0) is 49.2 Å². The van der Waals surface area contributed by atoms with Gasteiger partial charge in [0.25, 0.3) is 0 Å². The number of nitrogens with one attached hydrogen (secondary N) is 1. The van der Waals surface area contributed by atoms with Crippen molar-refractivity contribution in [3.05, 3.63) is 72.3 Å². The molecule has 8 heteroatoms. The van der Waals surface area contributed by atoms with Crippen molar-refractivity contribution in [1.29, 1.82) is 0 Å². The van der Waals surface area contributed by atoms with Crippen LogP contribution in [-0.2, 0) is 0 Å². The van der Waals surface area contributed by atoms with Crippen LogP contribution >= 0.6 is 0 Å². The molecule has 152 valence electrons. The Labute approximate surface area is 172 Å². The van der Waals surface area contributed by atoms with Gasteiger partial charge in [-0.1, -0.05) is 24.3 Å². The average molecular weight is 406 g/mol. The number of aromatic nitrogens is 4. The van der Waals surface area contributed by atoms with Gasteiger partial charge in [-0.3, -0.25) is 0 Å². The van der Waals surface area contributed by atoms with Crippen LogP contribution in [0.4, 0.5) is 20.3 Å². The summed E-state index contributed by atoms with van der Waals surface area (Å²) in [6.07, 6.45) is 1.72. The number of halogens is 2. The third-order valence-corrected chi connectivity index (χ3v) is 5.42. The highest BCUT2D eigenvalue weighted by Gasteiger charge is 2.22. The molecule has 0 aliphatic carbocycles. The molecule has 1 aliphatic heterocycles. The van der Waals surface area contributed by atoms with Crippen LogP contribution < -0.4 is 10.2 Å². The molecule has 0 unspecified atom stereocenters. The first-order chi connectivity index (χ1) is 14.7. The highest BCUT2D eigenvalue weighted by atomic mass is 19.1. The predicted octanol–water partition coefficient (Wildman–Crippen LogP) is 4.15. The summed E-state index contributed by atoms with van der Waals surface area (Å²) in [6, 6.07) is 17.1. The minimum Gasteiger partial charge on any atom is -0.380 e. The van der Waals surface area contributed by atoms with E-state index in [9.17, 15) is 8.78 Å². The Kier molecular flexibility index (Phi) is 4.74. The molecule has 6 nitrogen and oxygen atoms in total. The molecular formula is C22H20F2N6. The normalized spacial score (nSPS) is 14.9. The quantitative estimate of drug-likeness (QED) is 0.552. The maximum absolute atomic E-state index is 14.2. The zero-order chi connectivity index (χ0) is 20.5. The number of para-hydroxylation sites is 1. The molecular weight excluding hydrogens is 386 g/mol. The minimum atomic E-state index is -0.362. The summed E-state index contributed by atoms with van der Waals surface area (Å²) < 4.78 is 29.7. The predicted molar refractivity (Wildman–Crippen MR) is 111 cm³/mol. The molecule has 0 bridgehead atoms. The second-order valence-corrected chi connectivity index (χ2v) is 7.35. The van der Waals surface area contributed by atoms with Crippen molar-refractivity contribution in [1.82, 2.24) is 19.8 Å². The summed E-state index contributed by atoms with van der Waals surface area (Å²) in [5.41, 5.74) is 1.46. The molecule has 2 aromatic carbocycles. The van der Waals surface area contributed by atoms with Crippen molar-refractivity contribution >= 4 is 17.2 Å². The number of rotatable bonds is 4. The van der Waals surface area contributed by atoms with Crippen LogP contribution in [0.3, 0.4) is 0 Å². The number of hydrogen-bond donors (Lipinski definition) is 1. The minimum absolute atomic E-state index is 0.200. The lowest BCUT2D eigenvalue weighted by molar-refractivity contribution is 0.517. The third-order valence-electron chi connectivity index (χ3n) is 5.42. The molecule has 1 fully saturated rings. The van der Waals surface area contributed by atoms with Crippen LogP contribution in [0.5, 0.6) is 0 Å². The first-order valence-electron chi connectivity index (χ1n) is 9.92. The number of piperidine rings is 1. The Balaban J connectivity index is 1.34. The van der Waals surface area contributed by atoms with Gasteiger partial charge in [-0.2, -0.15) is 4.52 Å². The molecule has 30 heavy (non-hydrogen) atoms. The van der Waals surface area contributed by atoms with E-state index in [4.69, 9.17) is 0 Å². The van der Waals surface area contributed by atoms with E-state index >= 15 is 0 Å². The van der Waals surface area contributed by atoms with Crippen molar-refractivity contribution in [3.8, 4) is 11.4 Å². The van der Waals surface area contributed by atoms with Crippen molar-refractivity contribution in [2.24, 2.45) is 0 Å². The van der Waals surface area contributed by atoms with Gasteiger partial charge in [-0.15, -0.1) is 15.3 Å². The van der Waals surface area contributed by atoms with Crippen LogP contribution in [-0.4, -0.2) is 38.9 Å². The van der Waals surface area contributed by atoms with Gasteiger partial charge in [0.2, 0.25) is 0 Å². The van der Waals surface area contributed by atoms with Gasteiger partial charge in [-0.25, -0.2) is 8.78 Å². The van der Waals surface area contributed by atoms with Crippen LogP contribution in [0.1, 0.15) is 12.8 Å². The second kappa shape index (κ2) is 7.70. The van der Waals surface area contributed by atoms with E-state index in [0.29, 0.717) is 22.7 Å². The number of nitrogens with zero attached hydrogens (tertiary/aromatic N) is 5. The van der Waals surface area contributed by atoms with Gasteiger partial charge in [0.15, 0.2) is 11.5 Å². The highest BCUT2D eigenvalue weighted by molar-refractivity contribution is 5.60. The van der Waals surface area contributed by atoms with Gasteiger partial charge in [0.05, 0.1) is 11.3 Å². The van der Waals surface area contributed by atoms with E-state index in [-0.39, 0.29) is 17.7 Å².